The van der Waals surface area contributed by atoms with Crippen LogP contribution in [-0.4, -0.2) is 39.6 Å². The third-order valence-corrected chi connectivity index (χ3v) is 5.36. The summed E-state index contributed by atoms with van der Waals surface area (Å²) in [4.78, 5) is 15.1. The molecule has 0 saturated carbocycles. The van der Waals surface area contributed by atoms with Crippen molar-refractivity contribution in [3.05, 3.63) is 88.3 Å². The van der Waals surface area contributed by atoms with E-state index < -0.39 is 30.1 Å². The monoisotopic (exact) mass is 422 g/mol. The fourth-order valence-electron chi connectivity index (χ4n) is 3.72. The Labute approximate surface area is 178 Å². The van der Waals surface area contributed by atoms with Gasteiger partial charge in [0.05, 0.1) is 13.2 Å². The molecule has 160 valence electrons. The van der Waals surface area contributed by atoms with Crippen LogP contribution >= 0.6 is 0 Å². The molecule has 1 saturated heterocycles. The van der Waals surface area contributed by atoms with Gasteiger partial charge in [-0.15, -0.1) is 0 Å². The predicted octanol–water partition coefficient (Wildman–Crippen LogP) is 2.06. The normalized spacial score (nSPS) is 23.8. The number of benzene rings is 2. The predicted molar refractivity (Wildman–Crippen MR) is 110 cm³/mol. The molecule has 2 aliphatic heterocycles. The van der Waals surface area contributed by atoms with Crippen molar-refractivity contribution in [2.24, 2.45) is 0 Å². The smallest absolute Gasteiger partial charge is 0.302 e. The van der Waals surface area contributed by atoms with Crippen molar-refractivity contribution in [1.29, 1.82) is 0 Å². The summed E-state index contributed by atoms with van der Waals surface area (Å²) >= 11 is 0. The Morgan fingerprint density at radius 3 is 2.58 bits per heavy atom. The van der Waals surface area contributed by atoms with E-state index in [1.807, 2.05) is 54.6 Å². The molecule has 0 spiro atoms. The second-order valence-electron chi connectivity index (χ2n) is 7.53. The van der Waals surface area contributed by atoms with Gasteiger partial charge in [0.15, 0.2) is 12.3 Å². The van der Waals surface area contributed by atoms with Crippen LogP contribution in [0.1, 0.15) is 17.4 Å². The second-order valence-corrected chi connectivity index (χ2v) is 7.53. The van der Waals surface area contributed by atoms with Gasteiger partial charge in [-0.3, -0.25) is 9.36 Å². The molecule has 3 aromatic rings. The van der Waals surface area contributed by atoms with Crippen LogP contribution in [0.3, 0.4) is 0 Å². The Kier molecular flexibility index (Phi) is 5.42. The largest absolute Gasteiger partial charge is 0.489 e. The lowest BCUT2D eigenvalue weighted by Gasteiger charge is -2.17. The van der Waals surface area contributed by atoms with Crippen molar-refractivity contribution in [2.45, 2.75) is 37.8 Å². The van der Waals surface area contributed by atoms with Crippen LogP contribution in [-0.2, 0) is 22.7 Å². The molecule has 1 fully saturated rings. The Morgan fingerprint density at radius 2 is 1.77 bits per heavy atom. The summed E-state index contributed by atoms with van der Waals surface area (Å²) in [5, 5.41) is 10.5. The molecule has 0 aliphatic carbocycles. The number of aliphatic hydroxyl groups is 1. The number of rotatable bonds is 7. The van der Waals surface area contributed by atoms with E-state index in [0.717, 1.165) is 16.9 Å². The van der Waals surface area contributed by atoms with Crippen LogP contribution in [0.15, 0.2) is 71.7 Å². The fourth-order valence-corrected chi connectivity index (χ4v) is 3.72. The molecule has 4 atom stereocenters. The number of hydrogen-bond acceptors (Lipinski definition) is 7. The van der Waals surface area contributed by atoms with Crippen molar-refractivity contribution in [1.82, 2.24) is 9.55 Å². The Bertz CT molecular complexity index is 1090. The average molecular weight is 422 g/mol. The molecule has 0 bridgehead atoms. The molecule has 8 nitrogen and oxygen atoms in total. The zero-order chi connectivity index (χ0) is 21.2. The summed E-state index contributed by atoms with van der Waals surface area (Å²) in [6.07, 6.45) is -0.976. The second kappa shape index (κ2) is 8.50. The van der Waals surface area contributed by atoms with Crippen molar-refractivity contribution in [3.8, 4) is 11.8 Å². The van der Waals surface area contributed by atoms with Gasteiger partial charge in [-0.25, -0.2) is 0 Å². The molecule has 5 rings (SSSR count). The summed E-state index contributed by atoms with van der Waals surface area (Å²) < 4.78 is 24.7. The minimum Gasteiger partial charge on any atom is -0.489 e. The first-order chi connectivity index (χ1) is 15.2. The van der Waals surface area contributed by atoms with Crippen LogP contribution in [0, 0.1) is 0 Å². The van der Waals surface area contributed by atoms with E-state index in [4.69, 9.17) is 18.9 Å². The zero-order valence-electron chi connectivity index (χ0n) is 16.7. The zero-order valence-corrected chi connectivity index (χ0v) is 16.7. The first-order valence-corrected chi connectivity index (χ1v) is 10.1. The Hall–Kier alpha value is -3.20. The maximum atomic E-state index is 11.4. The van der Waals surface area contributed by atoms with E-state index in [9.17, 15) is 9.90 Å². The molecule has 1 aromatic heterocycles. The molecule has 2 aliphatic rings. The van der Waals surface area contributed by atoms with Crippen LogP contribution in [0.5, 0.6) is 11.8 Å². The minimum absolute atomic E-state index is 0.162. The number of hydrogen-bond donors (Lipinski definition) is 1. The van der Waals surface area contributed by atoms with Crippen molar-refractivity contribution in [2.75, 3.05) is 6.61 Å². The van der Waals surface area contributed by atoms with Gasteiger partial charge in [-0.1, -0.05) is 42.5 Å². The van der Waals surface area contributed by atoms with Crippen LogP contribution in [0.25, 0.3) is 0 Å². The van der Waals surface area contributed by atoms with E-state index in [2.05, 4.69) is 4.98 Å². The Morgan fingerprint density at radius 1 is 1.00 bits per heavy atom. The summed E-state index contributed by atoms with van der Waals surface area (Å²) in [7, 11) is 0. The van der Waals surface area contributed by atoms with E-state index in [1.165, 1.54) is 6.07 Å². The number of ether oxygens (including phenoxy) is 4. The van der Waals surface area contributed by atoms with Gasteiger partial charge in [0.25, 0.3) is 5.56 Å². The lowest BCUT2D eigenvalue weighted by Crippen LogP contribution is -2.35. The molecule has 0 amide bonds. The van der Waals surface area contributed by atoms with Crippen molar-refractivity contribution in [3.63, 3.8) is 0 Å². The third kappa shape index (κ3) is 4.18. The summed E-state index contributed by atoms with van der Waals surface area (Å²) in [6.45, 7) is 1.12. The minimum atomic E-state index is -0.879. The summed E-state index contributed by atoms with van der Waals surface area (Å²) in [5.74, 6) is 0.790. The molecule has 31 heavy (non-hydrogen) atoms. The summed E-state index contributed by atoms with van der Waals surface area (Å²) in [6, 6.07) is 19.2. The topological polar surface area (TPSA) is 92.0 Å². The van der Waals surface area contributed by atoms with Gasteiger partial charge in [0, 0.05) is 12.3 Å². The van der Waals surface area contributed by atoms with Crippen LogP contribution < -0.4 is 15.0 Å². The first-order valence-electron chi connectivity index (χ1n) is 10.1. The maximum absolute atomic E-state index is 11.4. The van der Waals surface area contributed by atoms with Crippen LogP contribution in [0.4, 0.5) is 0 Å². The number of nitrogens with zero attached hydrogens (tertiary/aromatic N) is 2. The average Bonchev–Trinajstić information content (AvgIpc) is 3.29. The fraction of sp³-hybridized carbons (Fsp3) is 0.304. The molecule has 1 N–H and O–H groups in total. The van der Waals surface area contributed by atoms with Gasteiger partial charge >= 0.3 is 6.01 Å². The van der Waals surface area contributed by atoms with Crippen LogP contribution in [0.2, 0.25) is 0 Å². The van der Waals surface area contributed by atoms with E-state index in [0.29, 0.717) is 13.2 Å². The van der Waals surface area contributed by atoms with Gasteiger partial charge < -0.3 is 24.1 Å². The summed E-state index contributed by atoms with van der Waals surface area (Å²) in [5.41, 5.74) is 1.71. The molecular weight excluding hydrogens is 400 g/mol. The Balaban J connectivity index is 1.11. The van der Waals surface area contributed by atoms with Crippen molar-refractivity contribution >= 4 is 0 Å². The highest BCUT2D eigenvalue weighted by atomic mass is 16.6. The lowest BCUT2D eigenvalue weighted by atomic mass is 10.1. The number of aromatic nitrogens is 2. The number of aliphatic hydroxyl groups excluding tert-OH is 1. The van der Waals surface area contributed by atoms with Gasteiger partial charge in [-0.2, -0.15) is 4.98 Å². The van der Waals surface area contributed by atoms with Gasteiger partial charge in [0.1, 0.15) is 24.6 Å². The van der Waals surface area contributed by atoms with Crippen molar-refractivity contribution < 1.29 is 24.1 Å². The molecule has 0 unspecified atom stereocenters. The maximum Gasteiger partial charge on any atom is 0.302 e. The highest BCUT2D eigenvalue weighted by Gasteiger charge is 2.51. The molecule has 3 heterocycles. The molecule has 2 aromatic carbocycles. The molecular formula is C23H22N2O6. The quantitative estimate of drug-likeness (QED) is 0.623. The standard InChI is InChI=1S/C23H22N2O6/c26-19-10-11-25-22-21(31-23(25)24-19)20(27)18(30-22)14-28-12-16-6-8-17(9-7-16)29-13-15-4-2-1-3-5-15/h1-11,18,20-22,27H,12-14H2/t18-,20-,21+,22-/m1/s1. The first kappa shape index (κ1) is 19.7. The number of fused-ring (bicyclic) bond motifs is 3. The third-order valence-electron chi connectivity index (χ3n) is 5.36. The molecule has 0 radical (unpaired) electrons. The van der Waals surface area contributed by atoms with Gasteiger partial charge in [0.2, 0.25) is 0 Å². The highest BCUT2D eigenvalue weighted by Crippen LogP contribution is 2.38. The van der Waals surface area contributed by atoms with Gasteiger partial charge in [-0.05, 0) is 23.3 Å². The highest BCUT2D eigenvalue weighted by molar-refractivity contribution is 5.27. The SMILES string of the molecule is O=c1ccn2c(n1)O[C@H]1[C@H](O)[C@@H](COCc3ccc(OCc4ccccc4)cc3)O[C@H]12. The van der Waals surface area contributed by atoms with E-state index >= 15 is 0 Å². The lowest BCUT2D eigenvalue weighted by molar-refractivity contribution is -0.0651. The van der Waals surface area contributed by atoms with E-state index in [1.54, 1.807) is 10.8 Å². The molecule has 8 heteroatoms. The van der Waals surface area contributed by atoms with E-state index in [-0.39, 0.29) is 12.6 Å².